The van der Waals surface area contributed by atoms with Crippen molar-refractivity contribution < 1.29 is 9.59 Å². The zero-order valence-electron chi connectivity index (χ0n) is 12.8. The van der Waals surface area contributed by atoms with Crippen LogP contribution in [0.4, 0.5) is 0 Å². The van der Waals surface area contributed by atoms with E-state index in [9.17, 15) is 9.59 Å². The molecule has 2 aromatic carbocycles. The SMILES string of the molecule is NC(=O)[C@@H](NC(=O)C1CC(c2ccccc2)C1)c1ccccc1. The molecule has 0 spiro atoms. The number of benzene rings is 2. The maximum absolute atomic E-state index is 12.4. The lowest BCUT2D eigenvalue weighted by molar-refractivity contribution is -0.132. The topological polar surface area (TPSA) is 72.2 Å². The summed E-state index contributed by atoms with van der Waals surface area (Å²) in [5.41, 5.74) is 7.43. The van der Waals surface area contributed by atoms with Crippen molar-refractivity contribution in [2.75, 3.05) is 0 Å². The highest BCUT2D eigenvalue weighted by atomic mass is 16.2. The Morgan fingerprint density at radius 2 is 1.52 bits per heavy atom. The van der Waals surface area contributed by atoms with Gasteiger partial charge in [0, 0.05) is 5.92 Å². The van der Waals surface area contributed by atoms with Gasteiger partial charge in [-0.3, -0.25) is 9.59 Å². The molecular formula is C19H20N2O2. The van der Waals surface area contributed by atoms with E-state index in [1.54, 1.807) is 12.1 Å². The number of primary amides is 1. The number of nitrogens with one attached hydrogen (secondary N) is 1. The summed E-state index contributed by atoms with van der Waals surface area (Å²) in [7, 11) is 0. The van der Waals surface area contributed by atoms with Crippen molar-refractivity contribution in [3.63, 3.8) is 0 Å². The second-order valence-electron chi connectivity index (χ2n) is 6.03. The Labute approximate surface area is 135 Å². The molecule has 1 fully saturated rings. The molecule has 1 aliphatic rings. The van der Waals surface area contributed by atoms with Crippen LogP contribution in [0, 0.1) is 5.92 Å². The van der Waals surface area contributed by atoms with Crippen molar-refractivity contribution in [3.8, 4) is 0 Å². The fourth-order valence-corrected chi connectivity index (χ4v) is 3.05. The molecule has 23 heavy (non-hydrogen) atoms. The fraction of sp³-hybridized carbons (Fsp3) is 0.263. The number of hydrogen-bond acceptors (Lipinski definition) is 2. The fourth-order valence-electron chi connectivity index (χ4n) is 3.05. The Kier molecular flexibility index (Phi) is 4.42. The van der Waals surface area contributed by atoms with Crippen LogP contribution in [0.5, 0.6) is 0 Å². The van der Waals surface area contributed by atoms with Crippen molar-refractivity contribution in [1.29, 1.82) is 0 Å². The van der Waals surface area contributed by atoms with E-state index >= 15 is 0 Å². The van der Waals surface area contributed by atoms with Gasteiger partial charge in [-0.05, 0) is 29.9 Å². The molecule has 4 nitrogen and oxygen atoms in total. The van der Waals surface area contributed by atoms with Crippen LogP contribution in [-0.4, -0.2) is 11.8 Å². The molecule has 3 rings (SSSR count). The van der Waals surface area contributed by atoms with Gasteiger partial charge < -0.3 is 11.1 Å². The molecule has 0 radical (unpaired) electrons. The number of hydrogen-bond donors (Lipinski definition) is 2. The van der Waals surface area contributed by atoms with Crippen LogP contribution in [0.15, 0.2) is 60.7 Å². The van der Waals surface area contributed by atoms with Crippen LogP contribution < -0.4 is 11.1 Å². The van der Waals surface area contributed by atoms with Gasteiger partial charge in [0.15, 0.2) is 0 Å². The second-order valence-corrected chi connectivity index (χ2v) is 6.03. The molecule has 0 bridgehead atoms. The molecule has 4 heteroatoms. The van der Waals surface area contributed by atoms with Crippen LogP contribution in [0.25, 0.3) is 0 Å². The van der Waals surface area contributed by atoms with Gasteiger partial charge in [-0.2, -0.15) is 0 Å². The summed E-state index contributed by atoms with van der Waals surface area (Å²) in [6.07, 6.45) is 1.63. The average molecular weight is 308 g/mol. The van der Waals surface area contributed by atoms with Crippen molar-refractivity contribution in [2.45, 2.75) is 24.8 Å². The van der Waals surface area contributed by atoms with E-state index in [0.29, 0.717) is 11.5 Å². The number of amides is 2. The highest BCUT2D eigenvalue weighted by molar-refractivity contribution is 5.89. The van der Waals surface area contributed by atoms with Crippen molar-refractivity contribution in [3.05, 3.63) is 71.8 Å². The van der Waals surface area contributed by atoms with E-state index in [2.05, 4.69) is 17.4 Å². The number of rotatable bonds is 5. The maximum atomic E-state index is 12.4. The third kappa shape index (κ3) is 3.42. The van der Waals surface area contributed by atoms with E-state index in [0.717, 1.165) is 12.8 Å². The Balaban J connectivity index is 1.60. The Morgan fingerprint density at radius 1 is 0.957 bits per heavy atom. The molecule has 2 aromatic rings. The van der Waals surface area contributed by atoms with Crippen LogP contribution in [0.3, 0.4) is 0 Å². The molecule has 3 N–H and O–H groups in total. The predicted molar refractivity (Wildman–Crippen MR) is 88.4 cm³/mol. The third-order valence-corrected chi connectivity index (χ3v) is 4.48. The summed E-state index contributed by atoms with van der Waals surface area (Å²) in [6.45, 7) is 0. The van der Waals surface area contributed by atoms with Gasteiger partial charge in [-0.1, -0.05) is 60.7 Å². The number of carbonyl (C=O) groups excluding carboxylic acids is 2. The summed E-state index contributed by atoms with van der Waals surface area (Å²) in [6, 6.07) is 18.5. The molecule has 1 saturated carbocycles. The van der Waals surface area contributed by atoms with Crippen LogP contribution in [0.1, 0.15) is 35.9 Å². The van der Waals surface area contributed by atoms with Gasteiger partial charge in [-0.25, -0.2) is 0 Å². The average Bonchev–Trinajstić information content (AvgIpc) is 2.53. The molecular weight excluding hydrogens is 288 g/mol. The van der Waals surface area contributed by atoms with Crippen LogP contribution in [-0.2, 0) is 9.59 Å². The zero-order valence-corrected chi connectivity index (χ0v) is 12.8. The van der Waals surface area contributed by atoms with Gasteiger partial charge in [0.05, 0.1) is 0 Å². The highest BCUT2D eigenvalue weighted by Gasteiger charge is 2.36. The van der Waals surface area contributed by atoms with Crippen molar-refractivity contribution in [1.82, 2.24) is 5.32 Å². The van der Waals surface area contributed by atoms with Crippen molar-refractivity contribution >= 4 is 11.8 Å². The zero-order chi connectivity index (χ0) is 16.2. The van der Waals surface area contributed by atoms with Crippen LogP contribution in [0.2, 0.25) is 0 Å². The van der Waals surface area contributed by atoms with Gasteiger partial charge in [0.1, 0.15) is 6.04 Å². The first-order chi connectivity index (χ1) is 11.1. The largest absolute Gasteiger partial charge is 0.368 e. The maximum Gasteiger partial charge on any atom is 0.244 e. The molecule has 1 atom stereocenters. The summed E-state index contributed by atoms with van der Waals surface area (Å²) in [4.78, 5) is 24.0. The lowest BCUT2D eigenvalue weighted by atomic mass is 9.71. The molecule has 0 aliphatic heterocycles. The van der Waals surface area contributed by atoms with E-state index in [4.69, 9.17) is 5.73 Å². The van der Waals surface area contributed by atoms with E-state index in [1.807, 2.05) is 36.4 Å². The molecule has 0 aromatic heterocycles. The van der Waals surface area contributed by atoms with Crippen LogP contribution >= 0.6 is 0 Å². The van der Waals surface area contributed by atoms with E-state index in [1.165, 1.54) is 5.56 Å². The molecule has 0 heterocycles. The first-order valence-corrected chi connectivity index (χ1v) is 7.84. The molecule has 2 amide bonds. The standard InChI is InChI=1S/C19H20N2O2/c20-18(22)17(14-9-5-2-6-10-14)21-19(23)16-11-15(12-16)13-7-3-1-4-8-13/h1-10,15-17H,11-12H2,(H2,20,22)(H,21,23)/t15?,16?,17-/m0/s1. The molecule has 0 unspecified atom stereocenters. The highest BCUT2D eigenvalue weighted by Crippen LogP contribution is 2.41. The van der Waals surface area contributed by atoms with Crippen molar-refractivity contribution in [2.24, 2.45) is 11.7 Å². The molecule has 1 aliphatic carbocycles. The van der Waals surface area contributed by atoms with Gasteiger partial charge in [-0.15, -0.1) is 0 Å². The summed E-state index contributed by atoms with van der Waals surface area (Å²) < 4.78 is 0. The first-order valence-electron chi connectivity index (χ1n) is 7.84. The Morgan fingerprint density at radius 3 is 2.09 bits per heavy atom. The van der Waals surface area contributed by atoms with E-state index < -0.39 is 11.9 Å². The lowest BCUT2D eigenvalue weighted by Crippen LogP contribution is -2.43. The third-order valence-electron chi connectivity index (χ3n) is 4.48. The summed E-state index contributed by atoms with van der Waals surface area (Å²) in [5, 5.41) is 2.79. The normalized spacial score (nSPS) is 21.0. The predicted octanol–water partition coefficient (Wildman–Crippen LogP) is 2.52. The summed E-state index contributed by atoms with van der Waals surface area (Å²) in [5.74, 6) is -0.255. The smallest absolute Gasteiger partial charge is 0.244 e. The lowest BCUT2D eigenvalue weighted by Gasteiger charge is -2.35. The van der Waals surface area contributed by atoms with Gasteiger partial charge in [0.2, 0.25) is 11.8 Å². The second kappa shape index (κ2) is 6.65. The summed E-state index contributed by atoms with van der Waals surface area (Å²) >= 11 is 0. The molecule has 0 saturated heterocycles. The Hall–Kier alpha value is -2.62. The van der Waals surface area contributed by atoms with E-state index in [-0.39, 0.29) is 11.8 Å². The van der Waals surface area contributed by atoms with Gasteiger partial charge in [0.25, 0.3) is 0 Å². The van der Waals surface area contributed by atoms with Gasteiger partial charge >= 0.3 is 0 Å². The minimum Gasteiger partial charge on any atom is -0.368 e. The first kappa shape index (κ1) is 15.3. The Bertz CT molecular complexity index is 679. The quantitative estimate of drug-likeness (QED) is 0.891. The number of nitrogens with two attached hydrogens (primary N) is 1. The molecule has 118 valence electrons. The monoisotopic (exact) mass is 308 g/mol. The minimum absolute atomic E-state index is 0.0502. The number of carbonyl (C=O) groups is 2. The minimum atomic E-state index is -0.764.